The van der Waals surface area contributed by atoms with Gasteiger partial charge in [-0.15, -0.1) is 0 Å². The van der Waals surface area contributed by atoms with Crippen LogP contribution in [0.25, 0.3) is 0 Å². The van der Waals surface area contributed by atoms with Crippen LogP contribution in [0.2, 0.25) is 0 Å². The molecule has 1 N–H and O–H groups in total. The first-order chi connectivity index (χ1) is 9.33. The van der Waals surface area contributed by atoms with E-state index in [4.69, 9.17) is 4.74 Å². The van der Waals surface area contributed by atoms with Crippen molar-refractivity contribution in [1.29, 1.82) is 0 Å². The molecule has 2 nitrogen and oxygen atoms in total. The fourth-order valence-corrected chi connectivity index (χ4v) is 2.70. The summed E-state index contributed by atoms with van der Waals surface area (Å²) in [6, 6.07) is 0.369. The summed E-state index contributed by atoms with van der Waals surface area (Å²) >= 11 is 0. The largest absolute Gasteiger partial charge is 0.389 e. The van der Waals surface area contributed by atoms with Gasteiger partial charge in [0.1, 0.15) is 0 Å². The number of hydrogen-bond donors (Lipinski definition) is 1. The lowest BCUT2D eigenvalue weighted by molar-refractivity contribution is -0.142. The molecule has 1 aliphatic rings. The van der Waals surface area contributed by atoms with Gasteiger partial charge >= 0.3 is 6.18 Å². The molecule has 0 aromatic heterocycles. The van der Waals surface area contributed by atoms with Crippen molar-refractivity contribution in [3.63, 3.8) is 0 Å². The highest BCUT2D eigenvalue weighted by Gasteiger charge is 2.32. The fraction of sp³-hybridized carbons (Fsp3) is 1.00. The van der Waals surface area contributed by atoms with Crippen LogP contribution in [-0.4, -0.2) is 31.0 Å². The highest BCUT2D eigenvalue weighted by molar-refractivity contribution is 4.86. The predicted octanol–water partition coefficient (Wildman–Crippen LogP) is 4.44. The Kier molecular flexibility index (Phi) is 7.30. The van der Waals surface area contributed by atoms with Crippen LogP contribution in [0.3, 0.4) is 0 Å². The van der Waals surface area contributed by atoms with E-state index in [0.717, 1.165) is 32.2 Å². The van der Waals surface area contributed by atoms with Gasteiger partial charge in [-0.2, -0.15) is 13.2 Å². The summed E-state index contributed by atoms with van der Waals surface area (Å²) in [5, 5.41) is 3.39. The molecule has 0 bridgehead atoms. The molecule has 0 aromatic rings. The Hall–Kier alpha value is -0.290. The van der Waals surface area contributed by atoms with Crippen LogP contribution in [-0.2, 0) is 4.74 Å². The van der Waals surface area contributed by atoms with Crippen molar-refractivity contribution >= 4 is 0 Å². The quantitative estimate of drug-likeness (QED) is 0.554. The molecule has 0 atom stereocenters. The van der Waals surface area contributed by atoms with Gasteiger partial charge in [0.05, 0.1) is 5.60 Å². The van der Waals surface area contributed by atoms with Crippen LogP contribution in [0.15, 0.2) is 0 Å². The summed E-state index contributed by atoms with van der Waals surface area (Å²) in [6.07, 6.45) is 1.78. The van der Waals surface area contributed by atoms with E-state index in [1.807, 2.05) is 0 Å². The Labute approximate surface area is 120 Å². The third-order valence-electron chi connectivity index (χ3n) is 3.86. The zero-order chi connectivity index (χ0) is 15.1. The average Bonchev–Trinajstić information content (AvgIpc) is 2.58. The number of ether oxygens (including phenoxy) is 1. The summed E-state index contributed by atoms with van der Waals surface area (Å²) in [5.41, 5.74) is -0.258. The maximum absolute atomic E-state index is 12.2. The monoisotopic (exact) mass is 295 g/mol. The van der Waals surface area contributed by atoms with Gasteiger partial charge in [-0.05, 0) is 19.3 Å². The van der Waals surface area contributed by atoms with Gasteiger partial charge in [0.15, 0.2) is 0 Å². The van der Waals surface area contributed by atoms with Crippen molar-refractivity contribution in [3.05, 3.63) is 0 Å². The lowest BCUT2D eigenvalue weighted by atomic mass is 9.93. The summed E-state index contributed by atoms with van der Waals surface area (Å²) in [7, 11) is 0. The smallest absolute Gasteiger partial charge is 0.374 e. The van der Waals surface area contributed by atoms with Crippen molar-refractivity contribution < 1.29 is 17.9 Å². The number of rotatable bonds is 7. The Morgan fingerprint density at radius 3 is 2.20 bits per heavy atom. The minimum Gasteiger partial charge on any atom is -0.374 e. The molecule has 1 aliphatic carbocycles. The molecule has 0 spiro atoms. The highest BCUT2D eigenvalue weighted by Crippen LogP contribution is 2.31. The lowest BCUT2D eigenvalue weighted by Crippen LogP contribution is -2.45. The molecule has 0 aromatic carbocycles. The van der Waals surface area contributed by atoms with Gasteiger partial charge in [-0.25, -0.2) is 0 Å². The third kappa shape index (κ3) is 7.48. The zero-order valence-electron chi connectivity index (χ0n) is 12.7. The van der Waals surface area contributed by atoms with Gasteiger partial charge in [0.25, 0.3) is 0 Å². The molecular weight excluding hydrogens is 267 g/mol. The summed E-state index contributed by atoms with van der Waals surface area (Å²) < 4.78 is 42.4. The van der Waals surface area contributed by atoms with Gasteiger partial charge in [-0.3, -0.25) is 0 Å². The summed E-state index contributed by atoms with van der Waals surface area (Å²) in [6.45, 7) is 5.11. The molecule has 0 unspecified atom stereocenters. The van der Waals surface area contributed by atoms with E-state index in [2.05, 4.69) is 19.2 Å². The van der Waals surface area contributed by atoms with E-state index in [1.165, 1.54) is 12.8 Å². The second-order valence-electron chi connectivity index (χ2n) is 6.20. The standard InChI is InChI=1S/C15H28F3NO/c1-13(2)19-12-14(8-5-3-4-6-9-14)20-11-7-10-15(16,17)18/h13,19H,3-12H2,1-2H3. The molecule has 5 heteroatoms. The van der Waals surface area contributed by atoms with Crippen LogP contribution in [0, 0.1) is 0 Å². The first kappa shape index (κ1) is 17.8. The lowest BCUT2D eigenvalue weighted by Gasteiger charge is -2.34. The Balaban J connectivity index is 2.44. The molecule has 1 fully saturated rings. The molecule has 1 saturated carbocycles. The second-order valence-corrected chi connectivity index (χ2v) is 6.20. The molecule has 0 amide bonds. The number of hydrogen-bond acceptors (Lipinski definition) is 2. The molecule has 20 heavy (non-hydrogen) atoms. The van der Waals surface area contributed by atoms with Crippen LogP contribution in [0.5, 0.6) is 0 Å². The number of halogens is 3. The normalized spacial score (nSPS) is 20.1. The topological polar surface area (TPSA) is 21.3 Å². The highest BCUT2D eigenvalue weighted by atomic mass is 19.4. The minimum atomic E-state index is -4.07. The van der Waals surface area contributed by atoms with Crippen LogP contribution >= 0.6 is 0 Å². The Morgan fingerprint density at radius 1 is 1.10 bits per heavy atom. The fourth-order valence-electron chi connectivity index (χ4n) is 2.70. The number of alkyl halides is 3. The molecule has 120 valence electrons. The SMILES string of the molecule is CC(C)NCC1(OCCCC(F)(F)F)CCCCCC1. The minimum absolute atomic E-state index is 0.0624. The zero-order valence-corrected chi connectivity index (χ0v) is 12.7. The van der Waals surface area contributed by atoms with Crippen molar-refractivity contribution in [3.8, 4) is 0 Å². The number of nitrogens with one attached hydrogen (secondary N) is 1. The Bertz CT molecular complexity index is 258. The predicted molar refractivity (Wildman–Crippen MR) is 74.8 cm³/mol. The van der Waals surface area contributed by atoms with Gasteiger partial charge in [-0.1, -0.05) is 39.5 Å². The van der Waals surface area contributed by atoms with E-state index >= 15 is 0 Å². The first-order valence-electron chi connectivity index (χ1n) is 7.77. The molecular formula is C15H28F3NO. The van der Waals surface area contributed by atoms with Gasteiger partial charge in [0.2, 0.25) is 0 Å². The van der Waals surface area contributed by atoms with Gasteiger partial charge < -0.3 is 10.1 Å². The Morgan fingerprint density at radius 2 is 1.70 bits per heavy atom. The van der Waals surface area contributed by atoms with Crippen LogP contribution in [0.1, 0.15) is 65.2 Å². The average molecular weight is 295 g/mol. The van der Waals surface area contributed by atoms with E-state index in [9.17, 15) is 13.2 Å². The van der Waals surface area contributed by atoms with Crippen LogP contribution < -0.4 is 5.32 Å². The van der Waals surface area contributed by atoms with Crippen molar-refractivity contribution in [2.75, 3.05) is 13.2 Å². The molecule has 0 aliphatic heterocycles. The molecule has 0 saturated heterocycles. The summed E-state index contributed by atoms with van der Waals surface area (Å²) in [4.78, 5) is 0. The van der Waals surface area contributed by atoms with E-state index < -0.39 is 12.6 Å². The maximum atomic E-state index is 12.2. The van der Waals surface area contributed by atoms with E-state index in [-0.39, 0.29) is 18.6 Å². The van der Waals surface area contributed by atoms with Gasteiger partial charge in [0, 0.05) is 25.6 Å². The van der Waals surface area contributed by atoms with E-state index in [0.29, 0.717) is 6.04 Å². The van der Waals surface area contributed by atoms with Crippen molar-refractivity contribution in [1.82, 2.24) is 5.32 Å². The van der Waals surface area contributed by atoms with Crippen LogP contribution in [0.4, 0.5) is 13.2 Å². The van der Waals surface area contributed by atoms with Crippen molar-refractivity contribution in [2.24, 2.45) is 0 Å². The second kappa shape index (κ2) is 8.23. The molecule has 1 rings (SSSR count). The van der Waals surface area contributed by atoms with Crippen molar-refractivity contribution in [2.45, 2.75) is 83.0 Å². The molecule has 0 heterocycles. The first-order valence-corrected chi connectivity index (χ1v) is 7.77. The maximum Gasteiger partial charge on any atom is 0.389 e. The summed E-state index contributed by atoms with van der Waals surface area (Å²) in [5.74, 6) is 0. The van der Waals surface area contributed by atoms with E-state index in [1.54, 1.807) is 0 Å². The third-order valence-corrected chi connectivity index (χ3v) is 3.86. The molecule has 0 radical (unpaired) electrons.